The van der Waals surface area contributed by atoms with Crippen LogP contribution in [0.15, 0.2) is 24.3 Å². The van der Waals surface area contributed by atoms with Crippen molar-refractivity contribution in [3.63, 3.8) is 0 Å². The van der Waals surface area contributed by atoms with E-state index in [2.05, 4.69) is 10.6 Å². The van der Waals surface area contributed by atoms with Crippen molar-refractivity contribution in [2.24, 2.45) is 23.7 Å². The molecule has 0 aromatic heterocycles. The molecular formula is C20H25ClN2O2. The molecule has 2 N–H and O–H groups in total. The number of hydrogen-bond donors (Lipinski definition) is 2. The molecule has 0 heterocycles. The van der Waals surface area contributed by atoms with E-state index in [-0.39, 0.29) is 11.8 Å². The lowest BCUT2D eigenvalue weighted by Crippen LogP contribution is -2.56. The van der Waals surface area contributed by atoms with E-state index in [0.29, 0.717) is 41.4 Å². The minimum absolute atomic E-state index is 0.0527. The number of amides is 2. The molecule has 4 fully saturated rings. The van der Waals surface area contributed by atoms with Gasteiger partial charge >= 0.3 is 0 Å². The van der Waals surface area contributed by atoms with Gasteiger partial charge in [0.15, 0.2) is 0 Å². The molecule has 25 heavy (non-hydrogen) atoms. The normalized spacial score (nSPS) is 32.4. The van der Waals surface area contributed by atoms with E-state index in [1.165, 1.54) is 32.1 Å². The summed E-state index contributed by atoms with van der Waals surface area (Å²) in [7, 11) is 0. The minimum atomic E-state index is -0.229. The Kier molecular flexibility index (Phi) is 4.72. The predicted octanol–water partition coefficient (Wildman–Crippen LogP) is 3.40. The van der Waals surface area contributed by atoms with Crippen molar-refractivity contribution in [2.45, 2.75) is 44.6 Å². The zero-order chi connectivity index (χ0) is 17.4. The lowest BCUT2D eigenvalue weighted by molar-refractivity contribution is -0.124. The van der Waals surface area contributed by atoms with Crippen LogP contribution >= 0.6 is 11.6 Å². The van der Waals surface area contributed by atoms with Crippen LogP contribution in [-0.2, 0) is 4.79 Å². The second-order valence-corrected chi connectivity index (χ2v) is 8.42. The molecule has 4 aliphatic rings. The summed E-state index contributed by atoms with van der Waals surface area (Å²) >= 11 is 6.02. The van der Waals surface area contributed by atoms with Crippen LogP contribution < -0.4 is 10.6 Å². The number of carbonyl (C=O) groups excluding carboxylic acids is 2. The van der Waals surface area contributed by atoms with Gasteiger partial charge in [-0.25, -0.2) is 0 Å². The van der Waals surface area contributed by atoms with E-state index in [1.807, 2.05) is 0 Å². The Morgan fingerprint density at radius 2 is 1.64 bits per heavy atom. The number of carbonyl (C=O) groups is 2. The first-order valence-electron chi connectivity index (χ1n) is 9.42. The van der Waals surface area contributed by atoms with Gasteiger partial charge in [0, 0.05) is 19.0 Å². The topological polar surface area (TPSA) is 58.2 Å². The highest BCUT2D eigenvalue weighted by molar-refractivity contribution is 6.33. The molecule has 4 aliphatic carbocycles. The number of benzene rings is 1. The number of hydrogen-bond acceptors (Lipinski definition) is 2. The Labute approximate surface area is 153 Å². The fourth-order valence-corrected chi connectivity index (χ4v) is 5.67. The quantitative estimate of drug-likeness (QED) is 0.845. The van der Waals surface area contributed by atoms with Crippen molar-refractivity contribution >= 4 is 23.4 Å². The molecule has 0 radical (unpaired) electrons. The van der Waals surface area contributed by atoms with E-state index in [0.717, 1.165) is 11.8 Å². The lowest BCUT2D eigenvalue weighted by Gasteiger charge is -2.54. The first kappa shape index (κ1) is 16.9. The summed E-state index contributed by atoms with van der Waals surface area (Å²) < 4.78 is 0. The maximum atomic E-state index is 12.3. The fourth-order valence-electron chi connectivity index (χ4n) is 5.45. The SMILES string of the molecule is O=C(CCNC(=O)c1ccccc1Cl)NC1C2CC3CC(C2)CC1C3. The van der Waals surface area contributed by atoms with Gasteiger partial charge in [-0.3, -0.25) is 9.59 Å². The second-order valence-electron chi connectivity index (χ2n) is 8.01. The van der Waals surface area contributed by atoms with Crippen LogP contribution in [0.4, 0.5) is 0 Å². The Balaban J connectivity index is 1.25. The van der Waals surface area contributed by atoms with Crippen LogP contribution in [0.3, 0.4) is 0 Å². The van der Waals surface area contributed by atoms with Crippen molar-refractivity contribution in [1.29, 1.82) is 0 Å². The van der Waals surface area contributed by atoms with Crippen LogP contribution in [0.2, 0.25) is 5.02 Å². The number of halogens is 1. The van der Waals surface area contributed by atoms with E-state index in [1.54, 1.807) is 24.3 Å². The van der Waals surface area contributed by atoms with Gasteiger partial charge in [-0.2, -0.15) is 0 Å². The Hall–Kier alpha value is -1.55. The third kappa shape index (κ3) is 3.55. The zero-order valence-electron chi connectivity index (χ0n) is 14.3. The fraction of sp³-hybridized carbons (Fsp3) is 0.600. The van der Waals surface area contributed by atoms with Gasteiger partial charge in [-0.1, -0.05) is 23.7 Å². The smallest absolute Gasteiger partial charge is 0.252 e. The summed E-state index contributed by atoms with van der Waals surface area (Å²) in [6.45, 7) is 0.337. The average Bonchev–Trinajstić information content (AvgIpc) is 2.58. The largest absolute Gasteiger partial charge is 0.353 e. The first-order chi connectivity index (χ1) is 12.1. The van der Waals surface area contributed by atoms with Gasteiger partial charge < -0.3 is 10.6 Å². The van der Waals surface area contributed by atoms with Gasteiger partial charge in [-0.05, 0) is 67.9 Å². The molecule has 4 nitrogen and oxygen atoms in total. The van der Waals surface area contributed by atoms with Gasteiger partial charge in [0.05, 0.1) is 10.6 Å². The lowest BCUT2D eigenvalue weighted by atomic mass is 9.54. The van der Waals surface area contributed by atoms with Gasteiger partial charge in [0.25, 0.3) is 5.91 Å². The van der Waals surface area contributed by atoms with Gasteiger partial charge in [0.2, 0.25) is 5.91 Å². The molecule has 4 saturated carbocycles. The zero-order valence-corrected chi connectivity index (χ0v) is 15.1. The molecule has 0 unspecified atom stereocenters. The molecule has 0 atom stereocenters. The monoisotopic (exact) mass is 360 g/mol. The molecule has 5 rings (SSSR count). The van der Waals surface area contributed by atoms with Crippen molar-refractivity contribution in [1.82, 2.24) is 10.6 Å². The maximum Gasteiger partial charge on any atom is 0.252 e. The predicted molar refractivity (Wildman–Crippen MR) is 97.4 cm³/mol. The summed E-state index contributed by atoms with van der Waals surface area (Å²) in [6, 6.07) is 7.30. The van der Waals surface area contributed by atoms with Crippen LogP contribution in [0, 0.1) is 23.7 Å². The van der Waals surface area contributed by atoms with Crippen LogP contribution in [0.1, 0.15) is 48.9 Å². The summed E-state index contributed by atoms with van der Waals surface area (Å²) in [5.41, 5.74) is 0.450. The third-order valence-electron chi connectivity index (χ3n) is 6.31. The molecule has 1 aromatic rings. The molecular weight excluding hydrogens is 336 g/mol. The molecule has 0 spiro atoms. The van der Waals surface area contributed by atoms with Gasteiger partial charge in [-0.15, -0.1) is 0 Å². The highest BCUT2D eigenvalue weighted by Crippen LogP contribution is 2.53. The Morgan fingerprint density at radius 1 is 1.00 bits per heavy atom. The average molecular weight is 361 g/mol. The summed E-state index contributed by atoms with van der Waals surface area (Å²) in [5, 5.41) is 6.49. The van der Waals surface area contributed by atoms with E-state index in [9.17, 15) is 9.59 Å². The van der Waals surface area contributed by atoms with E-state index in [4.69, 9.17) is 11.6 Å². The maximum absolute atomic E-state index is 12.3. The summed E-state index contributed by atoms with van der Waals surface area (Å²) in [5.74, 6) is 3.00. The van der Waals surface area contributed by atoms with Gasteiger partial charge in [0.1, 0.15) is 0 Å². The second kappa shape index (κ2) is 6.99. The molecule has 0 aliphatic heterocycles. The van der Waals surface area contributed by atoms with Crippen molar-refractivity contribution in [2.75, 3.05) is 6.54 Å². The number of rotatable bonds is 5. The van der Waals surface area contributed by atoms with Crippen molar-refractivity contribution < 1.29 is 9.59 Å². The third-order valence-corrected chi connectivity index (χ3v) is 6.64. The summed E-state index contributed by atoms with van der Waals surface area (Å²) in [4.78, 5) is 24.4. The van der Waals surface area contributed by atoms with E-state index >= 15 is 0 Å². The Bertz CT molecular complexity index is 647. The van der Waals surface area contributed by atoms with Crippen LogP contribution in [0.5, 0.6) is 0 Å². The highest BCUT2D eigenvalue weighted by atomic mass is 35.5. The molecule has 0 saturated heterocycles. The van der Waals surface area contributed by atoms with Crippen molar-refractivity contribution in [3.8, 4) is 0 Å². The highest BCUT2D eigenvalue weighted by Gasteiger charge is 2.48. The molecule has 2 amide bonds. The van der Waals surface area contributed by atoms with Crippen LogP contribution in [-0.4, -0.2) is 24.4 Å². The van der Waals surface area contributed by atoms with E-state index < -0.39 is 0 Å². The first-order valence-corrected chi connectivity index (χ1v) is 9.80. The molecule has 134 valence electrons. The molecule has 5 heteroatoms. The number of nitrogens with one attached hydrogen (secondary N) is 2. The van der Waals surface area contributed by atoms with Crippen LogP contribution in [0.25, 0.3) is 0 Å². The summed E-state index contributed by atoms with van der Waals surface area (Å²) in [6.07, 6.45) is 6.91. The minimum Gasteiger partial charge on any atom is -0.353 e. The Morgan fingerprint density at radius 3 is 2.28 bits per heavy atom. The molecule has 1 aromatic carbocycles. The standard InChI is InChI=1S/C20H25ClN2O2/c21-17-4-2-1-3-16(17)20(25)22-6-5-18(24)23-19-14-8-12-7-13(10-14)11-15(19)9-12/h1-4,12-15,19H,5-11H2,(H,22,25)(H,23,24). The molecule has 4 bridgehead atoms. The van der Waals surface area contributed by atoms with Crippen molar-refractivity contribution in [3.05, 3.63) is 34.9 Å².